The van der Waals surface area contributed by atoms with Crippen molar-refractivity contribution < 1.29 is 8.42 Å². The van der Waals surface area contributed by atoms with Crippen molar-refractivity contribution in [3.63, 3.8) is 0 Å². The van der Waals surface area contributed by atoms with Crippen molar-refractivity contribution in [3.8, 4) is 6.07 Å². The van der Waals surface area contributed by atoms with Gasteiger partial charge in [-0.15, -0.1) is 0 Å². The first-order valence-corrected chi connectivity index (χ1v) is 11.9. The Bertz CT molecular complexity index is 1300. The van der Waals surface area contributed by atoms with E-state index in [1.165, 1.54) is 28.6 Å². The smallest absolute Gasteiger partial charge is 0.243 e. The number of hydrogen-bond donors (Lipinski definition) is 1. The van der Waals surface area contributed by atoms with Crippen molar-refractivity contribution in [2.75, 3.05) is 26.2 Å². The van der Waals surface area contributed by atoms with Gasteiger partial charge in [0.15, 0.2) is 0 Å². The highest BCUT2D eigenvalue weighted by atomic mass is 32.2. The Kier molecular flexibility index (Phi) is 6.62. The Labute approximate surface area is 192 Å². The Morgan fingerprint density at radius 2 is 1.72 bits per heavy atom. The van der Waals surface area contributed by atoms with E-state index >= 15 is 0 Å². The van der Waals surface area contributed by atoms with Gasteiger partial charge in [-0.2, -0.15) is 14.6 Å². The van der Waals surface area contributed by atoms with Crippen LogP contribution in [0, 0.1) is 16.1 Å². The first-order valence-electron chi connectivity index (χ1n) is 10.1. The van der Waals surface area contributed by atoms with Gasteiger partial charge in [0, 0.05) is 26.2 Å². The molecule has 164 valence electrons. The first kappa shape index (κ1) is 22.1. The molecule has 32 heavy (non-hydrogen) atoms. The molecule has 1 aliphatic rings. The second-order valence-corrected chi connectivity index (χ2v) is 9.67. The van der Waals surface area contributed by atoms with E-state index in [9.17, 15) is 8.42 Å². The van der Waals surface area contributed by atoms with Crippen LogP contribution in [-0.2, 0) is 16.7 Å². The molecule has 2 heterocycles. The molecule has 1 N–H and O–H groups in total. The second kappa shape index (κ2) is 9.58. The molecule has 0 bridgehead atoms. The molecular weight excluding hydrogens is 444 g/mol. The monoisotopic (exact) mass is 466 g/mol. The minimum absolute atomic E-state index is 0.204. The molecule has 0 unspecified atom stereocenters. The Morgan fingerprint density at radius 3 is 2.38 bits per heavy atom. The Balaban J connectivity index is 1.37. The van der Waals surface area contributed by atoms with E-state index in [0.29, 0.717) is 49.0 Å². The number of nitrogens with one attached hydrogen (secondary N) is 1. The summed E-state index contributed by atoms with van der Waals surface area (Å²) < 4.78 is 29.5. The largest absolute Gasteiger partial charge is 0.282 e. The number of aromatic nitrogens is 3. The van der Waals surface area contributed by atoms with Crippen molar-refractivity contribution in [1.82, 2.24) is 24.0 Å². The first-order chi connectivity index (χ1) is 15.5. The van der Waals surface area contributed by atoms with Gasteiger partial charge in [-0.05, 0) is 48.1 Å². The van der Waals surface area contributed by atoms with E-state index < -0.39 is 10.0 Å². The van der Waals surface area contributed by atoms with Crippen molar-refractivity contribution in [2.45, 2.75) is 11.6 Å². The van der Waals surface area contributed by atoms with Gasteiger partial charge in [-0.3, -0.25) is 10.00 Å². The maximum atomic E-state index is 12.9. The van der Waals surface area contributed by atoms with Crippen LogP contribution in [0.3, 0.4) is 0 Å². The lowest BCUT2D eigenvalue weighted by molar-refractivity contribution is 0.145. The van der Waals surface area contributed by atoms with Crippen molar-refractivity contribution in [3.05, 3.63) is 76.3 Å². The molecule has 1 fully saturated rings. The number of rotatable bonds is 6. The van der Waals surface area contributed by atoms with Crippen molar-refractivity contribution >= 4 is 34.4 Å². The highest BCUT2D eigenvalue weighted by Gasteiger charge is 2.28. The molecule has 0 spiro atoms. The molecule has 0 aliphatic carbocycles. The predicted octanol–water partition coefficient (Wildman–Crippen LogP) is 2.95. The third-order valence-corrected chi connectivity index (χ3v) is 7.45. The van der Waals surface area contributed by atoms with Crippen LogP contribution in [-0.4, -0.2) is 58.6 Å². The molecule has 0 atom stereocenters. The van der Waals surface area contributed by atoms with Gasteiger partial charge in [0.05, 0.1) is 23.2 Å². The SMILES string of the molecule is N#Cc1ccc(S(=O)(=O)N2CCN(Cn3[nH]c(/C=C/c4ccccc4)nc3=S)CC2)cc1. The van der Waals surface area contributed by atoms with Crippen LogP contribution in [0.4, 0.5) is 0 Å². The van der Waals surface area contributed by atoms with Gasteiger partial charge >= 0.3 is 0 Å². The maximum Gasteiger partial charge on any atom is 0.243 e. The fourth-order valence-corrected chi connectivity index (χ4v) is 5.07. The zero-order chi connectivity index (χ0) is 22.6. The molecule has 1 saturated heterocycles. The number of nitrogens with zero attached hydrogens (tertiary/aromatic N) is 5. The molecular formula is C22H22N6O2S2. The van der Waals surface area contributed by atoms with E-state index in [2.05, 4.69) is 15.0 Å². The van der Waals surface area contributed by atoms with Crippen LogP contribution in [0.2, 0.25) is 0 Å². The number of sulfonamides is 1. The fourth-order valence-electron chi connectivity index (χ4n) is 3.45. The van der Waals surface area contributed by atoms with E-state index in [0.717, 1.165) is 5.56 Å². The summed E-state index contributed by atoms with van der Waals surface area (Å²) in [6.45, 7) is 2.42. The third-order valence-electron chi connectivity index (χ3n) is 5.22. The van der Waals surface area contributed by atoms with E-state index in [1.807, 2.05) is 48.6 Å². The van der Waals surface area contributed by atoms with E-state index in [1.54, 1.807) is 4.68 Å². The average molecular weight is 467 g/mol. The van der Waals surface area contributed by atoms with Gasteiger partial charge in [0.25, 0.3) is 0 Å². The lowest BCUT2D eigenvalue weighted by atomic mass is 10.2. The van der Waals surface area contributed by atoms with Gasteiger partial charge < -0.3 is 0 Å². The molecule has 10 heteroatoms. The number of benzene rings is 2. The minimum atomic E-state index is -3.58. The molecule has 1 aliphatic heterocycles. The van der Waals surface area contributed by atoms with Gasteiger partial charge in [0.2, 0.25) is 14.8 Å². The summed E-state index contributed by atoms with van der Waals surface area (Å²) in [6.07, 6.45) is 3.84. The summed E-state index contributed by atoms with van der Waals surface area (Å²) in [5.74, 6) is 0.667. The summed E-state index contributed by atoms with van der Waals surface area (Å²) in [7, 11) is -3.58. The highest BCUT2D eigenvalue weighted by molar-refractivity contribution is 7.89. The molecule has 4 rings (SSSR count). The van der Waals surface area contributed by atoms with E-state index in [4.69, 9.17) is 17.5 Å². The van der Waals surface area contributed by atoms with Gasteiger partial charge in [-0.1, -0.05) is 36.4 Å². The van der Waals surface area contributed by atoms with Crippen LogP contribution < -0.4 is 0 Å². The topological polar surface area (TPSA) is 98.0 Å². The minimum Gasteiger partial charge on any atom is -0.282 e. The van der Waals surface area contributed by atoms with Crippen LogP contribution in [0.15, 0.2) is 59.5 Å². The summed E-state index contributed by atoms with van der Waals surface area (Å²) in [5, 5.41) is 12.1. The zero-order valence-corrected chi connectivity index (χ0v) is 18.9. The number of hydrogen-bond acceptors (Lipinski definition) is 6. The molecule has 8 nitrogen and oxygen atoms in total. The fraction of sp³-hybridized carbons (Fsp3) is 0.227. The lowest BCUT2D eigenvalue weighted by Crippen LogP contribution is -2.48. The number of H-pyrrole nitrogens is 1. The summed E-state index contributed by atoms with van der Waals surface area (Å²) in [6, 6.07) is 17.9. The predicted molar refractivity (Wildman–Crippen MR) is 124 cm³/mol. The summed E-state index contributed by atoms with van der Waals surface area (Å²) >= 11 is 5.37. The summed E-state index contributed by atoms with van der Waals surface area (Å²) in [4.78, 5) is 6.71. The number of nitriles is 1. The number of piperazine rings is 1. The zero-order valence-electron chi connectivity index (χ0n) is 17.3. The van der Waals surface area contributed by atoms with Crippen LogP contribution in [0.5, 0.6) is 0 Å². The van der Waals surface area contributed by atoms with Crippen molar-refractivity contribution in [1.29, 1.82) is 5.26 Å². The lowest BCUT2D eigenvalue weighted by Gasteiger charge is -2.33. The summed E-state index contributed by atoms with van der Waals surface area (Å²) in [5.41, 5.74) is 1.50. The molecule has 0 saturated carbocycles. The van der Waals surface area contributed by atoms with Crippen LogP contribution in [0.1, 0.15) is 17.0 Å². The Hall–Kier alpha value is -3.10. The highest BCUT2D eigenvalue weighted by Crippen LogP contribution is 2.18. The Morgan fingerprint density at radius 1 is 1.03 bits per heavy atom. The van der Waals surface area contributed by atoms with E-state index in [-0.39, 0.29) is 4.90 Å². The third kappa shape index (κ3) is 5.03. The molecule has 0 amide bonds. The van der Waals surface area contributed by atoms with Gasteiger partial charge in [0.1, 0.15) is 5.82 Å². The van der Waals surface area contributed by atoms with Crippen LogP contribution in [0.25, 0.3) is 12.2 Å². The average Bonchev–Trinajstić information content (AvgIpc) is 3.17. The maximum absolute atomic E-state index is 12.9. The van der Waals surface area contributed by atoms with Crippen LogP contribution >= 0.6 is 12.2 Å². The molecule has 1 aromatic heterocycles. The van der Waals surface area contributed by atoms with Gasteiger partial charge in [-0.25, -0.2) is 13.1 Å². The normalized spacial score (nSPS) is 15.7. The van der Waals surface area contributed by atoms with Crippen molar-refractivity contribution in [2.24, 2.45) is 0 Å². The quantitative estimate of drug-likeness (QED) is 0.561. The molecule has 3 aromatic rings. The second-order valence-electron chi connectivity index (χ2n) is 7.36. The molecule has 2 aromatic carbocycles. The standard InChI is InChI=1S/C22H22N6O2S2/c23-16-19-6-9-20(10-7-19)32(29,30)27-14-12-26(13-15-27)17-28-22(31)24-21(25-28)11-8-18-4-2-1-3-5-18/h1-11H,12-15,17H2,(H,24,25,31)/b11-8+. The number of aromatic amines is 1. The molecule has 0 radical (unpaired) electrons.